The number of ether oxygens (including phenoxy) is 1. The molecule has 0 aliphatic heterocycles. The predicted molar refractivity (Wildman–Crippen MR) is 66.8 cm³/mol. The van der Waals surface area contributed by atoms with E-state index < -0.39 is 29.5 Å². The van der Waals surface area contributed by atoms with Gasteiger partial charge < -0.3 is 9.84 Å². The minimum absolute atomic E-state index is 0.0912. The summed E-state index contributed by atoms with van der Waals surface area (Å²) in [6.45, 7) is 1.79. The molecule has 0 bridgehead atoms. The molecule has 1 aromatic heterocycles. The zero-order valence-electron chi connectivity index (χ0n) is 10.9. The van der Waals surface area contributed by atoms with Crippen LogP contribution in [0.5, 0.6) is 5.88 Å². The summed E-state index contributed by atoms with van der Waals surface area (Å²) in [5.41, 5.74) is -0.0912. The van der Waals surface area contributed by atoms with Crippen LogP contribution in [0.15, 0.2) is 12.3 Å². The van der Waals surface area contributed by atoms with Crippen molar-refractivity contribution in [3.63, 3.8) is 0 Å². The third-order valence-corrected chi connectivity index (χ3v) is 2.87. The Balaban J connectivity index is 2.19. The van der Waals surface area contributed by atoms with Crippen LogP contribution < -0.4 is 5.32 Å². The lowest BCUT2D eigenvalue weighted by Crippen LogP contribution is -2.45. The van der Waals surface area contributed by atoms with E-state index >= 15 is 0 Å². The van der Waals surface area contributed by atoms with Crippen LogP contribution >= 0.6 is 0 Å². The zero-order valence-corrected chi connectivity index (χ0v) is 10.9. The molecule has 2 N–H and O–H groups in total. The third kappa shape index (κ3) is 3.30. The Kier molecular flexibility index (Phi) is 4.29. The van der Waals surface area contributed by atoms with Crippen molar-refractivity contribution >= 4 is 11.8 Å². The summed E-state index contributed by atoms with van der Waals surface area (Å²) in [5, 5.41) is 11.9. The van der Waals surface area contributed by atoms with Gasteiger partial charge in [0.05, 0.1) is 6.61 Å². The third-order valence-electron chi connectivity index (χ3n) is 2.87. The predicted octanol–water partition coefficient (Wildman–Crippen LogP) is 0.793. The van der Waals surface area contributed by atoms with Crippen molar-refractivity contribution in [2.24, 2.45) is 0 Å². The van der Waals surface area contributed by atoms with Gasteiger partial charge in [-0.25, -0.2) is 14.2 Å². The second kappa shape index (κ2) is 5.96. The van der Waals surface area contributed by atoms with E-state index in [2.05, 4.69) is 10.3 Å². The lowest BCUT2D eigenvalue weighted by atomic mass is 10.1. The highest BCUT2D eigenvalue weighted by atomic mass is 19.1. The van der Waals surface area contributed by atoms with Gasteiger partial charge in [0, 0.05) is 17.8 Å². The highest BCUT2D eigenvalue weighted by Crippen LogP contribution is 2.21. The number of halogens is 1. The second-order valence-electron chi connectivity index (χ2n) is 4.52. The van der Waals surface area contributed by atoms with Crippen LogP contribution in [0.1, 0.15) is 30.1 Å². The SMILES string of the molecule is CCOC(=O)C(NC1CC1)C(=O)c1cnc(O)c(F)c1. The number of pyridine rings is 1. The minimum Gasteiger partial charge on any atom is -0.491 e. The second-order valence-corrected chi connectivity index (χ2v) is 4.52. The van der Waals surface area contributed by atoms with Gasteiger partial charge in [0.25, 0.3) is 0 Å². The molecule has 0 saturated heterocycles. The standard InChI is InChI=1S/C13H15FN2O4/c1-2-20-13(19)10(16-8-3-4-8)11(17)7-5-9(14)12(18)15-6-7/h5-6,8,10,16H,2-4H2,1H3,(H,15,18). The van der Waals surface area contributed by atoms with Gasteiger partial charge in [0.15, 0.2) is 17.6 Å². The summed E-state index contributed by atoms with van der Waals surface area (Å²) in [6, 6.07) is -0.220. The number of ketones is 1. The molecule has 1 atom stereocenters. The van der Waals surface area contributed by atoms with Crippen LogP contribution in [0.3, 0.4) is 0 Å². The summed E-state index contributed by atoms with van der Waals surface area (Å²) in [4.78, 5) is 27.4. The molecular weight excluding hydrogens is 267 g/mol. The molecule has 1 aliphatic rings. The largest absolute Gasteiger partial charge is 0.491 e. The minimum atomic E-state index is -1.17. The summed E-state index contributed by atoms with van der Waals surface area (Å²) < 4.78 is 18.1. The van der Waals surface area contributed by atoms with Crippen molar-refractivity contribution in [2.45, 2.75) is 31.8 Å². The number of aromatic hydroxyl groups is 1. The molecule has 108 valence electrons. The first kappa shape index (κ1) is 14.4. The van der Waals surface area contributed by atoms with E-state index in [1.54, 1.807) is 6.92 Å². The number of carbonyl (C=O) groups is 2. The first-order valence-electron chi connectivity index (χ1n) is 6.34. The molecule has 1 unspecified atom stereocenters. The van der Waals surface area contributed by atoms with Gasteiger partial charge >= 0.3 is 5.97 Å². The molecule has 1 heterocycles. The van der Waals surface area contributed by atoms with Gasteiger partial charge in [-0.15, -0.1) is 0 Å². The monoisotopic (exact) mass is 282 g/mol. The quantitative estimate of drug-likeness (QED) is 0.455. The number of rotatable bonds is 6. The molecule has 0 amide bonds. The van der Waals surface area contributed by atoms with E-state index in [4.69, 9.17) is 9.84 Å². The van der Waals surface area contributed by atoms with E-state index in [0.29, 0.717) is 0 Å². The fourth-order valence-corrected chi connectivity index (χ4v) is 1.69. The number of nitrogens with zero attached hydrogens (tertiary/aromatic N) is 1. The van der Waals surface area contributed by atoms with Crippen molar-refractivity contribution < 1.29 is 23.8 Å². The first-order chi connectivity index (χ1) is 9.52. The van der Waals surface area contributed by atoms with Gasteiger partial charge in [0.1, 0.15) is 0 Å². The number of hydrogen-bond donors (Lipinski definition) is 2. The molecule has 20 heavy (non-hydrogen) atoms. The molecule has 6 nitrogen and oxygen atoms in total. The average molecular weight is 282 g/mol. The van der Waals surface area contributed by atoms with E-state index in [-0.39, 0.29) is 18.2 Å². The highest BCUT2D eigenvalue weighted by molar-refractivity contribution is 6.12. The van der Waals surface area contributed by atoms with Crippen molar-refractivity contribution in [3.05, 3.63) is 23.6 Å². The Morgan fingerprint density at radius 2 is 2.30 bits per heavy atom. The average Bonchev–Trinajstić information content (AvgIpc) is 3.22. The van der Waals surface area contributed by atoms with E-state index in [1.165, 1.54) is 0 Å². The maximum absolute atomic E-state index is 13.2. The molecule has 0 aromatic carbocycles. The normalized spacial score (nSPS) is 15.7. The van der Waals surface area contributed by atoms with Gasteiger partial charge in [-0.3, -0.25) is 10.1 Å². The molecule has 0 radical (unpaired) electrons. The number of aromatic nitrogens is 1. The molecular formula is C13H15FN2O4. The topological polar surface area (TPSA) is 88.5 Å². The van der Waals surface area contributed by atoms with Gasteiger partial charge in [0.2, 0.25) is 5.88 Å². The van der Waals surface area contributed by atoms with Crippen molar-refractivity contribution in [2.75, 3.05) is 6.61 Å². The Hall–Kier alpha value is -2.02. The van der Waals surface area contributed by atoms with Crippen LogP contribution in [-0.4, -0.2) is 40.5 Å². The lowest BCUT2D eigenvalue weighted by Gasteiger charge is -2.15. The van der Waals surface area contributed by atoms with Crippen LogP contribution in [0, 0.1) is 5.82 Å². The molecule has 2 rings (SSSR count). The fraction of sp³-hybridized carbons (Fsp3) is 0.462. The smallest absolute Gasteiger partial charge is 0.331 e. The van der Waals surface area contributed by atoms with Gasteiger partial charge in [-0.1, -0.05) is 0 Å². The van der Waals surface area contributed by atoms with Gasteiger partial charge in [-0.2, -0.15) is 0 Å². The number of carbonyl (C=O) groups excluding carboxylic acids is 2. The Morgan fingerprint density at radius 1 is 1.60 bits per heavy atom. The van der Waals surface area contributed by atoms with Crippen molar-refractivity contribution in [1.82, 2.24) is 10.3 Å². The Labute approximate surface area is 115 Å². The summed E-state index contributed by atoms with van der Waals surface area (Å²) in [6.07, 6.45) is 2.79. The number of nitrogens with one attached hydrogen (secondary N) is 1. The Morgan fingerprint density at radius 3 is 2.85 bits per heavy atom. The lowest BCUT2D eigenvalue weighted by molar-refractivity contribution is -0.144. The van der Waals surface area contributed by atoms with E-state index in [0.717, 1.165) is 25.1 Å². The van der Waals surface area contributed by atoms with Crippen LogP contribution in [0.2, 0.25) is 0 Å². The molecule has 1 saturated carbocycles. The molecule has 1 aliphatic carbocycles. The maximum atomic E-state index is 13.2. The molecule has 7 heteroatoms. The number of hydrogen-bond acceptors (Lipinski definition) is 6. The zero-order chi connectivity index (χ0) is 14.7. The van der Waals surface area contributed by atoms with Crippen molar-refractivity contribution in [3.8, 4) is 5.88 Å². The summed E-state index contributed by atoms with van der Waals surface area (Å²) >= 11 is 0. The van der Waals surface area contributed by atoms with Gasteiger partial charge in [-0.05, 0) is 25.8 Å². The molecule has 1 aromatic rings. The highest BCUT2D eigenvalue weighted by Gasteiger charge is 2.35. The number of esters is 1. The summed E-state index contributed by atoms with van der Waals surface area (Å²) in [5.74, 6) is -3.12. The fourth-order valence-electron chi connectivity index (χ4n) is 1.69. The molecule has 1 fully saturated rings. The maximum Gasteiger partial charge on any atom is 0.331 e. The molecule has 0 spiro atoms. The number of Topliss-reactive ketones (excluding diaryl/α,β-unsaturated/α-hetero) is 1. The Bertz CT molecular complexity index is 531. The van der Waals surface area contributed by atoms with Crippen LogP contribution in [0.4, 0.5) is 4.39 Å². The first-order valence-corrected chi connectivity index (χ1v) is 6.34. The van der Waals surface area contributed by atoms with Crippen LogP contribution in [-0.2, 0) is 9.53 Å². The summed E-state index contributed by atoms with van der Waals surface area (Å²) in [7, 11) is 0. The van der Waals surface area contributed by atoms with Crippen LogP contribution in [0.25, 0.3) is 0 Å². The van der Waals surface area contributed by atoms with E-state index in [9.17, 15) is 14.0 Å². The van der Waals surface area contributed by atoms with Crippen molar-refractivity contribution in [1.29, 1.82) is 0 Å². The van der Waals surface area contributed by atoms with E-state index in [1.807, 2.05) is 0 Å².